The van der Waals surface area contributed by atoms with Gasteiger partial charge in [-0.3, -0.25) is 4.90 Å². The van der Waals surface area contributed by atoms with Crippen LogP contribution in [0.5, 0.6) is 0 Å². The van der Waals surface area contributed by atoms with E-state index in [0.717, 1.165) is 31.3 Å². The highest BCUT2D eigenvalue weighted by Gasteiger charge is 2.23. The number of hydrogen-bond donors (Lipinski definition) is 0. The van der Waals surface area contributed by atoms with Gasteiger partial charge in [0.25, 0.3) is 0 Å². The minimum Gasteiger partial charge on any atom is -0.312 e. The highest BCUT2D eigenvalue weighted by molar-refractivity contribution is 5.02. The summed E-state index contributed by atoms with van der Waals surface area (Å²) in [6.45, 7) is 11.9. The topological polar surface area (TPSA) is 34.0 Å². The summed E-state index contributed by atoms with van der Waals surface area (Å²) < 4.78 is 2.28. The molecule has 2 heterocycles. The number of nitrogens with zero attached hydrogens (tertiary/aromatic N) is 4. The molecule has 4 heteroatoms. The van der Waals surface area contributed by atoms with E-state index in [1.54, 1.807) is 0 Å². The van der Waals surface area contributed by atoms with Gasteiger partial charge in [0.15, 0.2) is 0 Å². The first-order valence-corrected chi connectivity index (χ1v) is 5.75. The third kappa shape index (κ3) is 1.91. The summed E-state index contributed by atoms with van der Waals surface area (Å²) in [6.07, 6.45) is 0. The summed E-state index contributed by atoms with van der Waals surface area (Å²) in [4.78, 5) is 2.44. The molecule has 0 N–H and O–H groups in total. The van der Waals surface area contributed by atoms with E-state index < -0.39 is 0 Å². The molecule has 0 spiro atoms. The zero-order valence-corrected chi connectivity index (χ0v) is 10.1. The summed E-state index contributed by atoms with van der Waals surface area (Å²) in [5.74, 6) is 2.73. The van der Waals surface area contributed by atoms with E-state index in [2.05, 4.69) is 47.4 Å². The Balaban J connectivity index is 2.22. The monoisotopic (exact) mass is 208 g/mol. The van der Waals surface area contributed by atoms with Crippen LogP contribution < -0.4 is 0 Å². The number of hydrogen-bond acceptors (Lipinski definition) is 3. The van der Waals surface area contributed by atoms with E-state index >= 15 is 0 Å². The van der Waals surface area contributed by atoms with Gasteiger partial charge < -0.3 is 4.57 Å². The van der Waals surface area contributed by atoms with Crippen molar-refractivity contribution in [3.63, 3.8) is 0 Å². The fraction of sp³-hybridized carbons (Fsp3) is 0.818. The van der Waals surface area contributed by atoms with Crippen molar-refractivity contribution in [2.24, 2.45) is 0 Å². The van der Waals surface area contributed by atoms with Gasteiger partial charge in [-0.05, 0) is 13.8 Å². The first kappa shape index (κ1) is 10.6. The van der Waals surface area contributed by atoms with Crippen LogP contribution in [0.3, 0.4) is 0 Å². The van der Waals surface area contributed by atoms with Crippen molar-refractivity contribution in [3.05, 3.63) is 11.6 Å². The van der Waals surface area contributed by atoms with Gasteiger partial charge in [-0.25, -0.2) is 0 Å². The van der Waals surface area contributed by atoms with E-state index in [9.17, 15) is 0 Å². The Hall–Kier alpha value is -0.900. The van der Waals surface area contributed by atoms with Crippen molar-refractivity contribution in [1.29, 1.82) is 0 Å². The van der Waals surface area contributed by atoms with Crippen LogP contribution in [0, 0.1) is 0 Å². The molecule has 2 rings (SSSR count). The summed E-state index contributed by atoms with van der Waals surface area (Å²) in [7, 11) is 0. The largest absolute Gasteiger partial charge is 0.312 e. The molecule has 1 aliphatic heterocycles. The van der Waals surface area contributed by atoms with Crippen molar-refractivity contribution in [2.45, 2.75) is 52.7 Å². The number of rotatable bonds is 2. The lowest BCUT2D eigenvalue weighted by Gasteiger charge is -2.31. The van der Waals surface area contributed by atoms with Gasteiger partial charge >= 0.3 is 0 Å². The quantitative estimate of drug-likeness (QED) is 0.740. The van der Waals surface area contributed by atoms with Crippen LogP contribution in [0.4, 0.5) is 0 Å². The molecule has 1 aliphatic rings. The fourth-order valence-corrected chi connectivity index (χ4v) is 2.07. The molecule has 0 saturated carbocycles. The van der Waals surface area contributed by atoms with Gasteiger partial charge in [0.05, 0.1) is 6.54 Å². The summed E-state index contributed by atoms with van der Waals surface area (Å²) in [5.41, 5.74) is 0. The maximum atomic E-state index is 4.28. The van der Waals surface area contributed by atoms with Crippen LogP contribution in [-0.2, 0) is 13.1 Å². The van der Waals surface area contributed by atoms with Crippen molar-refractivity contribution < 1.29 is 0 Å². The second kappa shape index (κ2) is 3.93. The molecule has 0 saturated heterocycles. The van der Waals surface area contributed by atoms with Gasteiger partial charge in [0, 0.05) is 25.0 Å². The maximum absolute atomic E-state index is 4.28. The van der Waals surface area contributed by atoms with E-state index in [-0.39, 0.29) is 0 Å². The summed E-state index contributed by atoms with van der Waals surface area (Å²) in [5, 5.41) is 8.56. The first-order chi connectivity index (χ1) is 7.09. The van der Waals surface area contributed by atoms with Crippen LogP contribution in [0.2, 0.25) is 0 Å². The van der Waals surface area contributed by atoms with Crippen LogP contribution in [0.1, 0.15) is 45.3 Å². The zero-order chi connectivity index (χ0) is 11.0. The second-order valence-corrected chi connectivity index (χ2v) is 4.84. The molecular formula is C11H20N4. The lowest BCUT2D eigenvalue weighted by Crippen LogP contribution is -2.38. The Bertz CT molecular complexity index is 340. The van der Waals surface area contributed by atoms with Crippen molar-refractivity contribution in [2.75, 3.05) is 6.54 Å². The molecule has 0 amide bonds. The van der Waals surface area contributed by atoms with Gasteiger partial charge in [-0.1, -0.05) is 13.8 Å². The minimum absolute atomic E-state index is 0.469. The van der Waals surface area contributed by atoms with Gasteiger partial charge in [0.1, 0.15) is 11.6 Å². The average Bonchev–Trinajstić information content (AvgIpc) is 2.59. The molecule has 4 nitrogen and oxygen atoms in total. The van der Waals surface area contributed by atoms with Crippen molar-refractivity contribution in [3.8, 4) is 0 Å². The van der Waals surface area contributed by atoms with Crippen molar-refractivity contribution in [1.82, 2.24) is 19.7 Å². The summed E-state index contributed by atoms with van der Waals surface area (Å²) >= 11 is 0. The maximum Gasteiger partial charge on any atom is 0.147 e. The van der Waals surface area contributed by atoms with Crippen LogP contribution in [0.25, 0.3) is 0 Å². The van der Waals surface area contributed by atoms with Crippen LogP contribution >= 0.6 is 0 Å². The average molecular weight is 208 g/mol. The molecule has 0 bridgehead atoms. The lowest BCUT2D eigenvalue weighted by atomic mass is 10.2. The molecule has 0 fully saturated rings. The second-order valence-electron chi connectivity index (χ2n) is 4.84. The van der Waals surface area contributed by atoms with E-state index in [1.165, 1.54) is 0 Å². The van der Waals surface area contributed by atoms with Crippen molar-refractivity contribution >= 4 is 0 Å². The predicted octanol–water partition coefficient (Wildman–Crippen LogP) is 1.63. The molecular weight excluding hydrogens is 188 g/mol. The van der Waals surface area contributed by atoms with Crippen LogP contribution in [-0.4, -0.2) is 32.3 Å². The SMILES string of the molecule is CC(C)c1nnc2n1CCN(C(C)C)C2. The Morgan fingerprint density at radius 2 is 1.80 bits per heavy atom. The standard InChI is InChI=1S/C11H20N4/c1-8(2)11-13-12-10-7-14(9(3)4)5-6-15(10)11/h8-9H,5-7H2,1-4H3. The van der Waals surface area contributed by atoms with Gasteiger partial charge in [-0.15, -0.1) is 10.2 Å². The molecule has 1 aromatic heterocycles. The van der Waals surface area contributed by atoms with E-state index in [4.69, 9.17) is 0 Å². The molecule has 0 atom stereocenters. The van der Waals surface area contributed by atoms with Gasteiger partial charge in [-0.2, -0.15) is 0 Å². The highest BCUT2D eigenvalue weighted by Crippen LogP contribution is 2.19. The zero-order valence-electron chi connectivity index (χ0n) is 10.1. The number of fused-ring (bicyclic) bond motifs is 1. The molecule has 0 aliphatic carbocycles. The fourth-order valence-electron chi connectivity index (χ4n) is 2.07. The highest BCUT2D eigenvalue weighted by atomic mass is 15.3. The molecule has 15 heavy (non-hydrogen) atoms. The lowest BCUT2D eigenvalue weighted by molar-refractivity contribution is 0.172. The smallest absolute Gasteiger partial charge is 0.147 e. The third-order valence-corrected chi connectivity index (χ3v) is 3.06. The molecule has 0 aromatic carbocycles. The van der Waals surface area contributed by atoms with E-state index in [1.807, 2.05) is 0 Å². The third-order valence-electron chi connectivity index (χ3n) is 3.06. The Morgan fingerprint density at radius 3 is 2.40 bits per heavy atom. The van der Waals surface area contributed by atoms with Gasteiger partial charge in [0.2, 0.25) is 0 Å². The molecule has 1 aromatic rings. The number of aromatic nitrogens is 3. The van der Waals surface area contributed by atoms with E-state index in [0.29, 0.717) is 12.0 Å². The molecule has 0 unspecified atom stereocenters. The molecule has 84 valence electrons. The Kier molecular flexibility index (Phi) is 2.78. The van der Waals surface area contributed by atoms with Crippen LogP contribution in [0.15, 0.2) is 0 Å². The first-order valence-electron chi connectivity index (χ1n) is 5.75. The normalized spacial score (nSPS) is 17.5. The summed E-state index contributed by atoms with van der Waals surface area (Å²) in [6, 6.07) is 0.595. The molecule has 0 radical (unpaired) electrons. The Morgan fingerprint density at radius 1 is 1.07 bits per heavy atom. The Labute approximate surface area is 91.3 Å². The minimum atomic E-state index is 0.469. The predicted molar refractivity (Wildman–Crippen MR) is 59.7 cm³/mol.